The summed E-state index contributed by atoms with van der Waals surface area (Å²) in [7, 11) is 0. The molecule has 2 heterocycles. The topological polar surface area (TPSA) is 14.2 Å². The van der Waals surface area contributed by atoms with Crippen LogP contribution in [-0.4, -0.2) is 9.13 Å². The van der Waals surface area contributed by atoms with Crippen molar-refractivity contribution in [2.45, 2.75) is 52.4 Å². The second kappa shape index (κ2) is 11.1. The van der Waals surface area contributed by atoms with Gasteiger partial charge in [-0.25, -0.2) is 13.6 Å². The molecule has 5 heteroatoms. The van der Waals surface area contributed by atoms with Crippen molar-refractivity contribution >= 4 is 49.3 Å². The SMILES string of the molecule is [C-]#[N+]c1c(-n2c3ccccc3c3ccc(C(C)(C)C)cc32)ccc(-c2cc(F)cc(F)c2)c1-n1c2ccccc2c2ccc(C(C)(C)C)cc21. The van der Waals surface area contributed by atoms with Crippen molar-refractivity contribution in [1.82, 2.24) is 9.13 Å². The number of hydrogen-bond donors (Lipinski definition) is 0. The van der Waals surface area contributed by atoms with Crippen LogP contribution in [0, 0.1) is 18.2 Å². The fourth-order valence-electron chi connectivity index (χ4n) is 7.40. The molecule has 0 N–H and O–H groups in total. The molecule has 0 aliphatic heterocycles. The van der Waals surface area contributed by atoms with Crippen molar-refractivity contribution in [3.63, 3.8) is 0 Å². The minimum Gasteiger partial charge on any atom is -0.319 e. The summed E-state index contributed by atoms with van der Waals surface area (Å²) >= 11 is 0. The molecule has 3 nitrogen and oxygen atoms in total. The summed E-state index contributed by atoms with van der Waals surface area (Å²) < 4.78 is 34.2. The Hall–Kier alpha value is -5.73. The van der Waals surface area contributed by atoms with Gasteiger partial charge in [-0.05, 0) is 75.5 Å². The largest absolute Gasteiger partial charge is 0.319 e. The van der Waals surface area contributed by atoms with E-state index in [1.54, 1.807) is 0 Å². The maximum Gasteiger partial charge on any atom is 0.234 e. The molecule has 0 fully saturated rings. The summed E-state index contributed by atoms with van der Waals surface area (Å²) in [5.74, 6) is -1.34. The lowest BCUT2D eigenvalue weighted by molar-refractivity contribution is 0.584. The van der Waals surface area contributed by atoms with Crippen LogP contribution in [0.5, 0.6) is 0 Å². The van der Waals surface area contributed by atoms with Crippen LogP contribution >= 0.6 is 0 Å². The van der Waals surface area contributed by atoms with E-state index in [1.165, 1.54) is 17.7 Å². The first kappa shape index (κ1) is 31.5. The number of para-hydroxylation sites is 2. The maximum atomic E-state index is 14.9. The summed E-state index contributed by atoms with van der Waals surface area (Å²) in [6, 6.07) is 37.0. The van der Waals surface area contributed by atoms with Gasteiger partial charge in [0.25, 0.3) is 0 Å². The third kappa shape index (κ3) is 4.90. The van der Waals surface area contributed by atoms with E-state index < -0.39 is 11.6 Å². The van der Waals surface area contributed by atoms with Crippen molar-refractivity contribution in [3.8, 4) is 22.5 Å². The highest BCUT2D eigenvalue weighted by atomic mass is 19.1. The summed E-state index contributed by atoms with van der Waals surface area (Å²) in [4.78, 5) is 4.30. The zero-order chi connectivity index (χ0) is 35.1. The van der Waals surface area contributed by atoms with Crippen molar-refractivity contribution < 1.29 is 8.78 Å². The minimum absolute atomic E-state index is 0.0949. The fraction of sp³-hybridized carbons (Fsp3) is 0.178. The third-order valence-electron chi connectivity index (χ3n) is 9.96. The minimum atomic E-state index is -0.672. The molecule has 50 heavy (non-hydrogen) atoms. The zero-order valence-corrected chi connectivity index (χ0v) is 29.1. The van der Waals surface area contributed by atoms with E-state index in [0.29, 0.717) is 28.2 Å². The van der Waals surface area contributed by atoms with E-state index in [2.05, 4.69) is 116 Å². The Bertz CT molecular complexity index is 2690. The molecule has 0 aliphatic carbocycles. The highest BCUT2D eigenvalue weighted by molar-refractivity contribution is 6.12. The van der Waals surface area contributed by atoms with Gasteiger partial charge in [0.15, 0.2) is 0 Å². The number of fused-ring (bicyclic) bond motifs is 6. The van der Waals surface area contributed by atoms with E-state index >= 15 is 0 Å². The van der Waals surface area contributed by atoms with Gasteiger partial charge in [0.1, 0.15) is 11.6 Å². The molecule has 2 aromatic heterocycles. The molecule has 0 atom stereocenters. The molecule has 0 unspecified atom stereocenters. The Morgan fingerprint density at radius 3 is 1.52 bits per heavy atom. The maximum absolute atomic E-state index is 14.9. The van der Waals surface area contributed by atoms with E-state index in [0.717, 1.165) is 55.2 Å². The summed E-state index contributed by atoms with van der Waals surface area (Å²) in [6.07, 6.45) is 0. The first-order valence-corrected chi connectivity index (χ1v) is 16.9. The molecular formula is C45H37F2N3. The van der Waals surface area contributed by atoms with Gasteiger partial charge in [-0.3, -0.25) is 0 Å². The normalized spacial score (nSPS) is 12.4. The van der Waals surface area contributed by atoms with Gasteiger partial charge in [0, 0.05) is 27.6 Å². The van der Waals surface area contributed by atoms with Crippen LogP contribution in [0.3, 0.4) is 0 Å². The average molecular weight is 658 g/mol. The van der Waals surface area contributed by atoms with Gasteiger partial charge < -0.3 is 9.13 Å². The van der Waals surface area contributed by atoms with Crippen LogP contribution in [0.15, 0.2) is 115 Å². The molecule has 0 radical (unpaired) electrons. The predicted molar refractivity (Wildman–Crippen MR) is 204 cm³/mol. The quantitative estimate of drug-likeness (QED) is 0.168. The molecule has 8 rings (SSSR count). The number of benzene rings is 6. The van der Waals surface area contributed by atoms with E-state index in [9.17, 15) is 8.78 Å². The Morgan fingerprint density at radius 2 is 1.00 bits per heavy atom. The van der Waals surface area contributed by atoms with Crippen LogP contribution in [0.1, 0.15) is 52.7 Å². The Balaban J connectivity index is 1.58. The molecule has 0 saturated heterocycles. The fourth-order valence-corrected chi connectivity index (χ4v) is 7.40. The molecule has 6 aromatic carbocycles. The highest BCUT2D eigenvalue weighted by Crippen LogP contribution is 2.46. The predicted octanol–water partition coefficient (Wildman–Crippen LogP) is 13.0. The Labute approximate surface area is 290 Å². The van der Waals surface area contributed by atoms with Gasteiger partial charge in [-0.15, -0.1) is 0 Å². The number of nitrogens with zero attached hydrogens (tertiary/aromatic N) is 3. The van der Waals surface area contributed by atoms with Gasteiger partial charge >= 0.3 is 0 Å². The van der Waals surface area contributed by atoms with Gasteiger partial charge in [-0.1, -0.05) is 108 Å². The first-order valence-electron chi connectivity index (χ1n) is 16.9. The average Bonchev–Trinajstić information content (AvgIpc) is 3.58. The Morgan fingerprint density at radius 1 is 0.520 bits per heavy atom. The molecule has 246 valence electrons. The Kier molecular flexibility index (Phi) is 7.03. The molecule has 8 aromatic rings. The van der Waals surface area contributed by atoms with Crippen LogP contribution in [-0.2, 0) is 10.8 Å². The monoisotopic (exact) mass is 657 g/mol. The van der Waals surface area contributed by atoms with Gasteiger partial charge in [0.2, 0.25) is 5.69 Å². The summed E-state index contributed by atoms with van der Waals surface area (Å²) in [6.45, 7) is 22.0. The second-order valence-electron chi connectivity index (χ2n) is 15.3. The molecule has 0 bridgehead atoms. The number of aromatic nitrogens is 2. The molecule has 0 amide bonds. The molecule has 0 spiro atoms. The van der Waals surface area contributed by atoms with Crippen LogP contribution in [0.25, 0.3) is 71.0 Å². The zero-order valence-electron chi connectivity index (χ0n) is 29.1. The molecular weight excluding hydrogens is 621 g/mol. The second-order valence-corrected chi connectivity index (χ2v) is 15.3. The van der Waals surface area contributed by atoms with Crippen LogP contribution in [0.4, 0.5) is 14.5 Å². The number of halogens is 2. The highest BCUT2D eigenvalue weighted by Gasteiger charge is 2.26. The van der Waals surface area contributed by atoms with Crippen LogP contribution in [0.2, 0.25) is 0 Å². The number of rotatable bonds is 3. The smallest absolute Gasteiger partial charge is 0.234 e. The lowest BCUT2D eigenvalue weighted by Gasteiger charge is -2.22. The van der Waals surface area contributed by atoms with Crippen molar-refractivity contribution in [1.29, 1.82) is 0 Å². The summed E-state index contributed by atoms with van der Waals surface area (Å²) in [5.41, 5.74) is 8.51. The van der Waals surface area contributed by atoms with Gasteiger partial charge in [-0.2, -0.15) is 0 Å². The molecule has 0 saturated carbocycles. The van der Waals surface area contributed by atoms with Crippen molar-refractivity contribution in [2.24, 2.45) is 0 Å². The van der Waals surface area contributed by atoms with Gasteiger partial charge in [0.05, 0.1) is 40.0 Å². The standard InChI is InChI=1S/C45H37F2N3/c1-44(2,3)28-16-18-35-33-12-8-10-14-37(33)49(40(35)24-28)39-21-20-32(27-22-30(46)26-31(47)23-27)43(42(39)48-7)50-38-15-11-9-13-34(38)36-19-17-29(25-41(36)50)45(4,5)6/h8-26H,1-6H3. The lowest BCUT2D eigenvalue weighted by Crippen LogP contribution is -2.11. The lowest BCUT2D eigenvalue weighted by atomic mass is 9.86. The van der Waals surface area contributed by atoms with E-state index in [1.807, 2.05) is 36.4 Å². The first-order chi connectivity index (χ1) is 23.8. The third-order valence-corrected chi connectivity index (χ3v) is 9.96. The summed E-state index contributed by atoms with van der Waals surface area (Å²) in [5, 5.41) is 4.25. The van der Waals surface area contributed by atoms with Crippen molar-refractivity contribution in [3.05, 3.63) is 149 Å². The van der Waals surface area contributed by atoms with Crippen molar-refractivity contribution in [2.75, 3.05) is 0 Å². The molecule has 0 aliphatic rings. The van der Waals surface area contributed by atoms with E-state index in [-0.39, 0.29) is 10.8 Å². The van der Waals surface area contributed by atoms with Crippen LogP contribution < -0.4 is 0 Å². The van der Waals surface area contributed by atoms with E-state index in [4.69, 9.17) is 6.57 Å². The number of hydrogen-bond acceptors (Lipinski definition) is 0.